The van der Waals surface area contributed by atoms with Crippen molar-refractivity contribution in [1.29, 1.82) is 0 Å². The van der Waals surface area contributed by atoms with Crippen LogP contribution < -0.4 is 5.32 Å². The summed E-state index contributed by atoms with van der Waals surface area (Å²) in [5.74, 6) is -0.529. The average Bonchev–Trinajstić information content (AvgIpc) is 3.44. The van der Waals surface area contributed by atoms with Crippen molar-refractivity contribution in [3.63, 3.8) is 0 Å². The van der Waals surface area contributed by atoms with Crippen molar-refractivity contribution in [3.8, 4) is 17.1 Å². The number of halogens is 5. The standard InChI is InChI=1S/C24H14Cl2F3N5O/c25-13-9-10-20(16(26)11-13)34-21(24(27,28)29)15(12-30-34)23(35)33-17-6-2-1-5-14(17)22-31-18-7-3-4-8-19(18)32-22/h1-12H,(H,31,32)(H,33,35). The second kappa shape index (κ2) is 8.75. The fraction of sp³-hybridized carbons (Fsp3) is 0.0417. The van der Waals surface area contributed by atoms with Gasteiger partial charge in [0.05, 0.1) is 39.2 Å². The van der Waals surface area contributed by atoms with Crippen LogP contribution in [0.4, 0.5) is 18.9 Å². The number of H-pyrrole nitrogens is 1. The van der Waals surface area contributed by atoms with Crippen molar-refractivity contribution in [2.75, 3.05) is 5.32 Å². The van der Waals surface area contributed by atoms with E-state index in [0.29, 0.717) is 21.6 Å². The normalized spacial score (nSPS) is 11.7. The lowest BCUT2D eigenvalue weighted by molar-refractivity contribution is -0.143. The van der Waals surface area contributed by atoms with Crippen LogP contribution in [-0.4, -0.2) is 25.7 Å². The maximum absolute atomic E-state index is 14.1. The highest BCUT2D eigenvalue weighted by atomic mass is 35.5. The Labute approximate surface area is 206 Å². The molecule has 3 aromatic carbocycles. The third-order valence-corrected chi connectivity index (χ3v) is 5.78. The molecule has 0 spiro atoms. The first-order valence-corrected chi connectivity index (χ1v) is 10.9. The Morgan fingerprint density at radius 3 is 2.49 bits per heavy atom. The van der Waals surface area contributed by atoms with Crippen LogP contribution in [0.5, 0.6) is 0 Å². The Hall–Kier alpha value is -3.82. The maximum atomic E-state index is 14.1. The quantitative estimate of drug-likeness (QED) is 0.270. The summed E-state index contributed by atoms with van der Waals surface area (Å²) in [7, 11) is 0. The fourth-order valence-corrected chi connectivity index (χ4v) is 4.18. The Morgan fingerprint density at radius 2 is 1.74 bits per heavy atom. The molecule has 0 saturated carbocycles. The van der Waals surface area contributed by atoms with E-state index in [2.05, 4.69) is 20.4 Å². The van der Waals surface area contributed by atoms with Crippen LogP contribution in [0.3, 0.4) is 0 Å². The number of rotatable bonds is 4. The number of hydrogen-bond acceptors (Lipinski definition) is 3. The van der Waals surface area contributed by atoms with Crippen molar-refractivity contribution in [2.24, 2.45) is 0 Å². The highest BCUT2D eigenvalue weighted by Gasteiger charge is 2.41. The molecule has 0 aliphatic rings. The smallest absolute Gasteiger partial charge is 0.338 e. The molecule has 0 bridgehead atoms. The molecule has 6 nitrogen and oxygen atoms in total. The minimum absolute atomic E-state index is 0.0479. The Bertz CT molecular complexity index is 1540. The molecule has 5 rings (SSSR count). The number of benzene rings is 3. The van der Waals surface area contributed by atoms with Crippen molar-refractivity contribution in [1.82, 2.24) is 19.7 Å². The third kappa shape index (κ3) is 4.36. The molecule has 0 atom stereocenters. The predicted octanol–water partition coefficient (Wildman–Crippen LogP) is 6.99. The monoisotopic (exact) mass is 515 g/mol. The van der Waals surface area contributed by atoms with Gasteiger partial charge in [0, 0.05) is 10.6 Å². The molecule has 2 heterocycles. The molecule has 0 aliphatic heterocycles. The van der Waals surface area contributed by atoms with Crippen LogP contribution in [0.15, 0.2) is 72.9 Å². The Morgan fingerprint density at radius 1 is 1.00 bits per heavy atom. The van der Waals surface area contributed by atoms with Gasteiger partial charge in [-0.1, -0.05) is 47.5 Å². The number of alkyl halides is 3. The van der Waals surface area contributed by atoms with E-state index in [4.69, 9.17) is 23.2 Å². The number of aromatic nitrogens is 4. The summed E-state index contributed by atoms with van der Waals surface area (Å²) in [5, 5.41) is 6.57. The number of hydrogen-bond donors (Lipinski definition) is 2. The van der Waals surface area contributed by atoms with Gasteiger partial charge in [-0.2, -0.15) is 18.3 Å². The van der Waals surface area contributed by atoms with Crippen molar-refractivity contribution < 1.29 is 18.0 Å². The number of amides is 1. The zero-order valence-electron chi connectivity index (χ0n) is 17.6. The SMILES string of the molecule is O=C(Nc1ccccc1-c1nc2ccccc2[nH]1)c1cnn(-c2ccc(Cl)cc2Cl)c1C(F)(F)F. The summed E-state index contributed by atoms with van der Waals surface area (Å²) < 4.78 is 42.8. The third-order valence-electron chi connectivity index (χ3n) is 5.24. The molecule has 176 valence electrons. The van der Waals surface area contributed by atoms with E-state index in [1.54, 1.807) is 24.3 Å². The minimum Gasteiger partial charge on any atom is -0.338 e. The van der Waals surface area contributed by atoms with E-state index in [1.165, 1.54) is 18.2 Å². The van der Waals surface area contributed by atoms with Crippen molar-refractivity contribution in [3.05, 3.63) is 94.2 Å². The zero-order valence-corrected chi connectivity index (χ0v) is 19.1. The highest BCUT2D eigenvalue weighted by Crippen LogP contribution is 2.36. The molecule has 11 heteroatoms. The van der Waals surface area contributed by atoms with Gasteiger partial charge in [0.25, 0.3) is 5.91 Å². The lowest BCUT2D eigenvalue weighted by atomic mass is 10.1. The number of imidazole rings is 1. The van der Waals surface area contributed by atoms with Gasteiger partial charge >= 0.3 is 6.18 Å². The molecule has 5 aromatic rings. The fourth-order valence-electron chi connectivity index (χ4n) is 3.69. The summed E-state index contributed by atoms with van der Waals surface area (Å²) >= 11 is 12.0. The van der Waals surface area contributed by atoms with E-state index >= 15 is 0 Å². The lowest BCUT2D eigenvalue weighted by Gasteiger charge is -2.14. The number of anilines is 1. The summed E-state index contributed by atoms with van der Waals surface area (Å²) in [6, 6.07) is 18.0. The van der Waals surface area contributed by atoms with E-state index in [9.17, 15) is 18.0 Å². The molecule has 2 N–H and O–H groups in total. The summed E-state index contributed by atoms with van der Waals surface area (Å²) in [6.45, 7) is 0. The van der Waals surface area contributed by atoms with E-state index in [0.717, 1.165) is 11.7 Å². The number of carbonyl (C=O) groups excluding carboxylic acids is 1. The van der Waals surface area contributed by atoms with Gasteiger partial charge in [-0.15, -0.1) is 0 Å². The minimum atomic E-state index is -4.90. The van der Waals surface area contributed by atoms with Gasteiger partial charge in [0.2, 0.25) is 0 Å². The molecule has 0 radical (unpaired) electrons. The van der Waals surface area contributed by atoms with Gasteiger partial charge in [-0.25, -0.2) is 9.67 Å². The lowest BCUT2D eigenvalue weighted by Crippen LogP contribution is -2.21. The molecule has 0 fully saturated rings. The Kier molecular flexibility index (Phi) is 5.74. The van der Waals surface area contributed by atoms with Gasteiger partial charge in [-0.3, -0.25) is 4.79 Å². The van der Waals surface area contributed by atoms with Gasteiger partial charge in [0.1, 0.15) is 5.82 Å². The van der Waals surface area contributed by atoms with Crippen molar-refractivity contribution in [2.45, 2.75) is 6.18 Å². The highest BCUT2D eigenvalue weighted by molar-refractivity contribution is 6.35. The van der Waals surface area contributed by atoms with Crippen LogP contribution in [0.1, 0.15) is 16.1 Å². The Balaban J connectivity index is 1.55. The number of para-hydroxylation sites is 3. The molecule has 1 amide bonds. The molecular weight excluding hydrogens is 502 g/mol. The molecule has 0 saturated heterocycles. The van der Waals surface area contributed by atoms with Crippen molar-refractivity contribution >= 4 is 45.8 Å². The number of fused-ring (bicyclic) bond motifs is 1. The molecule has 0 unspecified atom stereocenters. The van der Waals surface area contributed by atoms with Crippen LogP contribution >= 0.6 is 23.2 Å². The molecule has 2 aromatic heterocycles. The predicted molar refractivity (Wildman–Crippen MR) is 128 cm³/mol. The molecule has 0 aliphatic carbocycles. The summed E-state index contributed by atoms with van der Waals surface area (Å²) in [4.78, 5) is 20.7. The molecular formula is C24H14Cl2F3N5O. The van der Waals surface area contributed by atoms with Gasteiger partial charge in [0.15, 0.2) is 5.69 Å². The van der Waals surface area contributed by atoms with Crippen LogP contribution in [0, 0.1) is 0 Å². The van der Waals surface area contributed by atoms with E-state index in [-0.39, 0.29) is 21.4 Å². The number of nitrogens with zero attached hydrogens (tertiary/aromatic N) is 3. The number of nitrogens with one attached hydrogen (secondary N) is 2. The topological polar surface area (TPSA) is 75.6 Å². The second-order valence-electron chi connectivity index (χ2n) is 7.51. The van der Waals surface area contributed by atoms with E-state index < -0.39 is 23.3 Å². The maximum Gasteiger partial charge on any atom is 0.434 e. The zero-order chi connectivity index (χ0) is 24.7. The first-order valence-electron chi connectivity index (χ1n) is 10.2. The second-order valence-corrected chi connectivity index (χ2v) is 8.36. The van der Waals surface area contributed by atoms with Crippen LogP contribution in [0.2, 0.25) is 10.0 Å². The first-order chi connectivity index (χ1) is 16.7. The largest absolute Gasteiger partial charge is 0.434 e. The van der Waals surface area contributed by atoms with Crippen LogP contribution in [-0.2, 0) is 6.18 Å². The first kappa shape index (κ1) is 22.9. The van der Waals surface area contributed by atoms with Gasteiger partial charge < -0.3 is 10.3 Å². The average molecular weight is 516 g/mol. The summed E-state index contributed by atoms with van der Waals surface area (Å²) in [5.41, 5.74) is 0.294. The molecule has 35 heavy (non-hydrogen) atoms. The number of aromatic amines is 1. The van der Waals surface area contributed by atoms with Crippen LogP contribution in [0.25, 0.3) is 28.1 Å². The van der Waals surface area contributed by atoms with Gasteiger partial charge in [-0.05, 0) is 42.5 Å². The van der Waals surface area contributed by atoms with E-state index in [1.807, 2.05) is 24.3 Å². The summed E-state index contributed by atoms with van der Waals surface area (Å²) in [6.07, 6.45) is -4.04. The number of carbonyl (C=O) groups is 1.